The normalized spacial score (nSPS) is 11.2. The summed E-state index contributed by atoms with van der Waals surface area (Å²) in [5, 5.41) is 6.35. The van der Waals surface area contributed by atoms with Gasteiger partial charge in [-0.15, -0.1) is 11.3 Å². The number of hydrogen-bond acceptors (Lipinski definition) is 7. The van der Waals surface area contributed by atoms with Crippen LogP contribution in [0.15, 0.2) is 32.8 Å². The van der Waals surface area contributed by atoms with Crippen LogP contribution >= 0.6 is 11.3 Å². The van der Waals surface area contributed by atoms with Crippen molar-refractivity contribution in [1.29, 1.82) is 0 Å². The molecule has 0 aliphatic heterocycles. The van der Waals surface area contributed by atoms with E-state index in [1.54, 1.807) is 5.38 Å². The highest BCUT2D eigenvalue weighted by atomic mass is 32.1. The van der Waals surface area contributed by atoms with Crippen LogP contribution in [0.5, 0.6) is 0 Å². The van der Waals surface area contributed by atoms with Gasteiger partial charge in [0, 0.05) is 28.9 Å². The van der Waals surface area contributed by atoms with E-state index in [1.165, 1.54) is 17.4 Å². The first kappa shape index (κ1) is 20.1. The minimum absolute atomic E-state index is 0.0168. The van der Waals surface area contributed by atoms with Crippen molar-refractivity contribution >= 4 is 33.4 Å². The lowest BCUT2D eigenvalue weighted by atomic mass is 10.0. The fourth-order valence-electron chi connectivity index (χ4n) is 2.78. The molecule has 0 amide bonds. The number of aromatic nitrogens is 1. The minimum atomic E-state index is -0.515. The van der Waals surface area contributed by atoms with Gasteiger partial charge >= 0.3 is 11.6 Å². The molecule has 3 rings (SSSR count). The Bertz CT molecular complexity index is 1050. The molecule has 0 unspecified atom stereocenters. The second kappa shape index (κ2) is 8.56. The van der Waals surface area contributed by atoms with Crippen molar-refractivity contribution in [2.24, 2.45) is 5.92 Å². The first-order valence-corrected chi connectivity index (χ1v) is 10.1. The zero-order chi connectivity index (χ0) is 20.3. The number of ether oxygens (including phenoxy) is 1. The highest BCUT2D eigenvalue weighted by Crippen LogP contribution is 2.24. The van der Waals surface area contributed by atoms with E-state index in [2.05, 4.69) is 24.1 Å². The van der Waals surface area contributed by atoms with Gasteiger partial charge in [0.05, 0.1) is 0 Å². The standard InChI is InChI=1S/C21H24N2O4S/c1-12(2)7-8-22-21-23-17(11-28-21)20(25)26-10-15-9-18(24)27-19-14(4)13(3)5-6-16(15)19/h5-6,9,11-12H,7-8,10H2,1-4H3,(H,22,23). The zero-order valence-electron chi connectivity index (χ0n) is 16.5. The van der Waals surface area contributed by atoms with Crippen molar-refractivity contribution < 1.29 is 13.9 Å². The topological polar surface area (TPSA) is 81.4 Å². The predicted molar refractivity (Wildman–Crippen MR) is 111 cm³/mol. The second-order valence-electron chi connectivity index (χ2n) is 7.20. The Morgan fingerprint density at radius 2 is 2.11 bits per heavy atom. The number of nitrogens with zero attached hydrogens (tertiary/aromatic N) is 1. The van der Waals surface area contributed by atoms with Gasteiger partial charge in [-0.1, -0.05) is 26.0 Å². The summed E-state index contributed by atoms with van der Waals surface area (Å²) < 4.78 is 10.7. The van der Waals surface area contributed by atoms with Gasteiger partial charge in [0.2, 0.25) is 0 Å². The SMILES string of the molecule is Cc1ccc2c(COC(=O)c3csc(NCCC(C)C)n3)cc(=O)oc2c1C. The lowest BCUT2D eigenvalue weighted by Gasteiger charge is -2.09. The average molecular weight is 401 g/mol. The number of anilines is 1. The third-order valence-electron chi connectivity index (χ3n) is 4.59. The fourth-order valence-corrected chi connectivity index (χ4v) is 3.49. The maximum Gasteiger partial charge on any atom is 0.358 e. The Morgan fingerprint density at radius 1 is 1.32 bits per heavy atom. The lowest BCUT2D eigenvalue weighted by Crippen LogP contribution is -2.09. The summed E-state index contributed by atoms with van der Waals surface area (Å²) in [7, 11) is 0. The number of rotatable bonds is 7. The van der Waals surface area contributed by atoms with Gasteiger partial charge in [0.15, 0.2) is 10.8 Å². The van der Waals surface area contributed by atoms with Crippen LogP contribution < -0.4 is 10.9 Å². The van der Waals surface area contributed by atoms with Crippen molar-refractivity contribution in [2.75, 3.05) is 11.9 Å². The molecular weight excluding hydrogens is 376 g/mol. The van der Waals surface area contributed by atoms with Gasteiger partial charge in [-0.3, -0.25) is 0 Å². The molecular formula is C21H24N2O4S. The lowest BCUT2D eigenvalue weighted by molar-refractivity contribution is 0.0468. The molecule has 0 fully saturated rings. The van der Waals surface area contributed by atoms with E-state index >= 15 is 0 Å². The van der Waals surface area contributed by atoms with E-state index in [1.807, 2.05) is 26.0 Å². The summed E-state index contributed by atoms with van der Waals surface area (Å²) in [4.78, 5) is 28.5. The molecule has 1 N–H and O–H groups in total. The molecule has 0 atom stereocenters. The van der Waals surface area contributed by atoms with Gasteiger partial charge in [-0.25, -0.2) is 14.6 Å². The van der Waals surface area contributed by atoms with Crippen LogP contribution in [0.25, 0.3) is 11.0 Å². The number of carbonyl (C=O) groups excluding carboxylic acids is 1. The summed E-state index contributed by atoms with van der Waals surface area (Å²) in [6.07, 6.45) is 1.03. The zero-order valence-corrected chi connectivity index (χ0v) is 17.3. The molecule has 3 aromatic rings. The summed E-state index contributed by atoms with van der Waals surface area (Å²) in [6.45, 7) is 8.96. The minimum Gasteiger partial charge on any atom is -0.456 e. The van der Waals surface area contributed by atoms with Crippen LogP contribution in [-0.2, 0) is 11.3 Å². The van der Waals surface area contributed by atoms with Crippen LogP contribution in [0.4, 0.5) is 5.13 Å². The Morgan fingerprint density at radius 3 is 2.86 bits per heavy atom. The summed E-state index contributed by atoms with van der Waals surface area (Å²) in [5.41, 5.74) is 2.88. The number of thiazole rings is 1. The van der Waals surface area contributed by atoms with Crippen molar-refractivity contribution in [1.82, 2.24) is 4.98 Å². The van der Waals surface area contributed by atoms with Gasteiger partial charge in [-0.05, 0) is 37.3 Å². The molecule has 6 nitrogen and oxygen atoms in total. The predicted octanol–water partition coefficient (Wildman–Crippen LogP) is 4.68. The molecule has 7 heteroatoms. The number of esters is 1. The van der Waals surface area contributed by atoms with E-state index in [4.69, 9.17) is 9.15 Å². The number of fused-ring (bicyclic) bond motifs is 1. The summed E-state index contributed by atoms with van der Waals surface area (Å²) >= 11 is 1.37. The third kappa shape index (κ3) is 4.59. The van der Waals surface area contributed by atoms with E-state index in [0.29, 0.717) is 22.2 Å². The van der Waals surface area contributed by atoms with E-state index in [9.17, 15) is 9.59 Å². The Labute approximate surface area is 167 Å². The molecule has 0 saturated heterocycles. The first-order valence-electron chi connectivity index (χ1n) is 9.24. The number of benzene rings is 1. The summed E-state index contributed by atoms with van der Waals surface area (Å²) in [5.74, 6) is 0.0843. The van der Waals surface area contributed by atoms with Crippen LogP contribution in [0.2, 0.25) is 0 Å². The smallest absolute Gasteiger partial charge is 0.358 e. The Balaban J connectivity index is 1.71. The molecule has 2 aromatic heterocycles. The van der Waals surface area contributed by atoms with E-state index < -0.39 is 11.6 Å². The molecule has 2 heterocycles. The first-order chi connectivity index (χ1) is 13.3. The molecule has 0 radical (unpaired) electrons. The number of carbonyl (C=O) groups is 1. The van der Waals surface area contributed by atoms with E-state index in [-0.39, 0.29) is 12.3 Å². The highest BCUT2D eigenvalue weighted by molar-refractivity contribution is 7.13. The maximum atomic E-state index is 12.3. The molecule has 0 spiro atoms. The molecule has 0 saturated carbocycles. The van der Waals surface area contributed by atoms with Gasteiger partial charge < -0.3 is 14.5 Å². The van der Waals surface area contributed by atoms with E-state index in [0.717, 1.165) is 29.5 Å². The van der Waals surface area contributed by atoms with Crippen LogP contribution in [0, 0.1) is 19.8 Å². The summed E-state index contributed by atoms with van der Waals surface area (Å²) in [6, 6.07) is 5.20. The number of hydrogen-bond donors (Lipinski definition) is 1. The molecule has 148 valence electrons. The van der Waals surface area contributed by atoms with Crippen LogP contribution in [0.1, 0.15) is 47.4 Å². The maximum absolute atomic E-state index is 12.3. The largest absolute Gasteiger partial charge is 0.456 e. The third-order valence-corrected chi connectivity index (χ3v) is 5.39. The molecule has 28 heavy (non-hydrogen) atoms. The quantitative estimate of drug-likeness (QED) is 0.458. The Hall–Kier alpha value is -2.67. The van der Waals surface area contributed by atoms with Gasteiger partial charge in [-0.2, -0.15) is 0 Å². The highest BCUT2D eigenvalue weighted by Gasteiger charge is 2.15. The molecule has 0 bridgehead atoms. The molecule has 0 aliphatic carbocycles. The van der Waals surface area contributed by atoms with Crippen molar-refractivity contribution in [3.8, 4) is 0 Å². The van der Waals surface area contributed by atoms with Crippen LogP contribution in [0.3, 0.4) is 0 Å². The number of nitrogens with one attached hydrogen (secondary N) is 1. The molecule has 1 aromatic carbocycles. The van der Waals surface area contributed by atoms with Crippen LogP contribution in [-0.4, -0.2) is 17.5 Å². The monoisotopic (exact) mass is 400 g/mol. The van der Waals surface area contributed by atoms with Gasteiger partial charge in [0.1, 0.15) is 12.2 Å². The second-order valence-corrected chi connectivity index (χ2v) is 8.06. The van der Waals surface area contributed by atoms with Gasteiger partial charge in [0.25, 0.3) is 0 Å². The molecule has 0 aliphatic rings. The van der Waals surface area contributed by atoms with Crippen molar-refractivity contribution in [3.63, 3.8) is 0 Å². The average Bonchev–Trinajstić information content (AvgIpc) is 3.11. The van der Waals surface area contributed by atoms with Crippen molar-refractivity contribution in [2.45, 2.75) is 40.7 Å². The Kier molecular flexibility index (Phi) is 6.14. The van der Waals surface area contributed by atoms with Crippen molar-refractivity contribution in [3.05, 3.63) is 56.4 Å². The fraction of sp³-hybridized carbons (Fsp3) is 0.381. The number of aryl methyl sites for hydroxylation is 2.